The van der Waals surface area contributed by atoms with E-state index in [4.69, 9.17) is 4.74 Å². The molecule has 21 heavy (non-hydrogen) atoms. The molecule has 0 bridgehead atoms. The summed E-state index contributed by atoms with van der Waals surface area (Å²) < 4.78 is 9.19. The van der Waals surface area contributed by atoms with Crippen molar-refractivity contribution in [2.45, 2.75) is 71.1 Å². The lowest BCUT2D eigenvalue weighted by Crippen LogP contribution is -2.31. The zero-order chi connectivity index (χ0) is 15.1. The minimum Gasteiger partial charge on any atom is -0.378 e. The SMILES string of the molecule is CCCNC(CC1CCCCO1)c1c(Br)cnn1CCC. The molecule has 2 heterocycles. The van der Waals surface area contributed by atoms with Crippen molar-refractivity contribution in [2.75, 3.05) is 13.2 Å². The fraction of sp³-hybridized carbons (Fsp3) is 0.812. The fourth-order valence-electron chi connectivity index (χ4n) is 2.97. The zero-order valence-electron chi connectivity index (χ0n) is 13.3. The summed E-state index contributed by atoms with van der Waals surface area (Å²) in [6.07, 6.45) is 9.26. The molecule has 1 fully saturated rings. The first-order valence-corrected chi connectivity index (χ1v) is 9.11. The van der Waals surface area contributed by atoms with Crippen molar-refractivity contribution in [3.63, 3.8) is 0 Å². The summed E-state index contributed by atoms with van der Waals surface area (Å²) in [6.45, 7) is 7.32. The molecule has 0 saturated carbocycles. The van der Waals surface area contributed by atoms with Gasteiger partial charge in [0.25, 0.3) is 0 Å². The first-order chi connectivity index (χ1) is 10.3. The van der Waals surface area contributed by atoms with Crippen LogP contribution in [0.2, 0.25) is 0 Å². The van der Waals surface area contributed by atoms with Crippen molar-refractivity contribution >= 4 is 15.9 Å². The molecule has 1 aliphatic rings. The van der Waals surface area contributed by atoms with Gasteiger partial charge in [-0.05, 0) is 61.0 Å². The average Bonchev–Trinajstić information content (AvgIpc) is 2.86. The van der Waals surface area contributed by atoms with Crippen LogP contribution in [0.5, 0.6) is 0 Å². The smallest absolute Gasteiger partial charge is 0.0696 e. The van der Waals surface area contributed by atoms with Crippen molar-refractivity contribution in [3.05, 3.63) is 16.4 Å². The molecule has 120 valence electrons. The van der Waals surface area contributed by atoms with Crippen LogP contribution in [0, 0.1) is 0 Å². The fourth-order valence-corrected chi connectivity index (χ4v) is 3.55. The number of halogens is 1. The van der Waals surface area contributed by atoms with Crippen LogP contribution in [0.25, 0.3) is 0 Å². The summed E-state index contributed by atoms with van der Waals surface area (Å²) in [5, 5.41) is 8.20. The van der Waals surface area contributed by atoms with Crippen LogP contribution in [0.1, 0.15) is 64.1 Å². The number of aryl methyl sites for hydroxylation is 1. The van der Waals surface area contributed by atoms with E-state index in [0.29, 0.717) is 12.1 Å². The van der Waals surface area contributed by atoms with Crippen molar-refractivity contribution < 1.29 is 4.74 Å². The summed E-state index contributed by atoms with van der Waals surface area (Å²) in [6, 6.07) is 0.316. The largest absolute Gasteiger partial charge is 0.378 e. The lowest BCUT2D eigenvalue weighted by molar-refractivity contribution is 0.00448. The van der Waals surface area contributed by atoms with E-state index >= 15 is 0 Å². The maximum absolute atomic E-state index is 5.94. The second-order valence-electron chi connectivity index (χ2n) is 5.83. The second kappa shape index (κ2) is 8.91. The number of ether oxygens (including phenoxy) is 1. The lowest BCUT2D eigenvalue weighted by atomic mass is 9.99. The summed E-state index contributed by atoms with van der Waals surface area (Å²) in [7, 11) is 0. The molecule has 1 aromatic rings. The van der Waals surface area contributed by atoms with E-state index in [-0.39, 0.29) is 0 Å². The molecular formula is C16H28BrN3O. The highest BCUT2D eigenvalue weighted by Crippen LogP contribution is 2.30. The molecule has 1 N–H and O–H groups in total. The molecule has 0 aromatic carbocycles. The summed E-state index contributed by atoms with van der Waals surface area (Å²) in [5.74, 6) is 0. The van der Waals surface area contributed by atoms with E-state index in [1.165, 1.54) is 25.0 Å². The highest BCUT2D eigenvalue weighted by molar-refractivity contribution is 9.10. The third-order valence-electron chi connectivity index (χ3n) is 4.01. The van der Waals surface area contributed by atoms with Crippen LogP contribution in [0.15, 0.2) is 10.7 Å². The average molecular weight is 358 g/mol. The molecule has 1 saturated heterocycles. The topological polar surface area (TPSA) is 39.1 Å². The summed E-state index contributed by atoms with van der Waals surface area (Å²) in [4.78, 5) is 0. The minimum absolute atomic E-state index is 0.316. The molecule has 0 aliphatic carbocycles. The van der Waals surface area contributed by atoms with Gasteiger partial charge in [-0.1, -0.05) is 13.8 Å². The van der Waals surface area contributed by atoms with Crippen molar-refractivity contribution in [1.82, 2.24) is 15.1 Å². The van der Waals surface area contributed by atoms with E-state index in [1.807, 2.05) is 6.20 Å². The summed E-state index contributed by atoms with van der Waals surface area (Å²) >= 11 is 3.68. The van der Waals surface area contributed by atoms with Crippen LogP contribution in [0.4, 0.5) is 0 Å². The predicted octanol–water partition coefficient (Wildman–Crippen LogP) is 4.06. The standard InChI is InChI=1S/C16H28BrN3O/c1-3-8-18-15(11-13-7-5-6-10-21-13)16-14(17)12-19-20(16)9-4-2/h12-13,15,18H,3-11H2,1-2H3. The Labute approximate surface area is 136 Å². The Kier molecular flexibility index (Phi) is 7.20. The number of nitrogens with zero attached hydrogens (tertiary/aromatic N) is 2. The second-order valence-corrected chi connectivity index (χ2v) is 6.69. The molecule has 0 amide bonds. The molecule has 2 unspecified atom stereocenters. The molecule has 1 aromatic heterocycles. The number of hydrogen-bond donors (Lipinski definition) is 1. The monoisotopic (exact) mass is 357 g/mol. The summed E-state index contributed by atoms with van der Waals surface area (Å²) in [5.41, 5.74) is 1.28. The van der Waals surface area contributed by atoms with Crippen molar-refractivity contribution in [2.24, 2.45) is 0 Å². The van der Waals surface area contributed by atoms with Gasteiger partial charge in [0.05, 0.1) is 28.5 Å². The molecule has 2 rings (SSSR count). The Bertz CT molecular complexity index is 416. The third kappa shape index (κ3) is 4.80. The van der Waals surface area contributed by atoms with Gasteiger partial charge in [-0.25, -0.2) is 0 Å². The zero-order valence-corrected chi connectivity index (χ0v) is 14.9. The molecular weight excluding hydrogens is 330 g/mol. The van der Waals surface area contributed by atoms with E-state index in [0.717, 1.165) is 43.4 Å². The molecule has 2 atom stereocenters. The van der Waals surface area contributed by atoms with Gasteiger partial charge in [0, 0.05) is 13.2 Å². The van der Waals surface area contributed by atoms with Gasteiger partial charge >= 0.3 is 0 Å². The van der Waals surface area contributed by atoms with Crippen molar-refractivity contribution in [3.8, 4) is 0 Å². The van der Waals surface area contributed by atoms with Gasteiger partial charge in [-0.15, -0.1) is 0 Å². The first kappa shape index (κ1) is 17.0. The molecule has 0 radical (unpaired) electrons. The molecule has 4 nitrogen and oxygen atoms in total. The van der Waals surface area contributed by atoms with Crippen LogP contribution >= 0.6 is 15.9 Å². The molecule has 5 heteroatoms. The highest BCUT2D eigenvalue weighted by Gasteiger charge is 2.24. The third-order valence-corrected chi connectivity index (χ3v) is 4.62. The quantitative estimate of drug-likeness (QED) is 0.762. The lowest BCUT2D eigenvalue weighted by Gasteiger charge is -2.28. The number of aromatic nitrogens is 2. The van der Waals surface area contributed by atoms with Gasteiger partial charge in [0.1, 0.15) is 0 Å². The van der Waals surface area contributed by atoms with Gasteiger partial charge < -0.3 is 10.1 Å². The van der Waals surface area contributed by atoms with Gasteiger partial charge in [0.2, 0.25) is 0 Å². The Hall–Kier alpha value is -0.390. The van der Waals surface area contributed by atoms with Gasteiger partial charge in [0.15, 0.2) is 0 Å². The Morgan fingerprint density at radius 1 is 1.43 bits per heavy atom. The Morgan fingerprint density at radius 3 is 2.95 bits per heavy atom. The maximum Gasteiger partial charge on any atom is 0.0696 e. The number of hydrogen-bond acceptors (Lipinski definition) is 3. The van der Waals surface area contributed by atoms with E-state index < -0.39 is 0 Å². The highest BCUT2D eigenvalue weighted by atomic mass is 79.9. The molecule has 0 spiro atoms. The first-order valence-electron chi connectivity index (χ1n) is 8.32. The van der Waals surface area contributed by atoms with Crippen LogP contribution < -0.4 is 5.32 Å². The van der Waals surface area contributed by atoms with Crippen molar-refractivity contribution in [1.29, 1.82) is 0 Å². The van der Waals surface area contributed by atoms with E-state index in [9.17, 15) is 0 Å². The number of rotatable bonds is 8. The van der Waals surface area contributed by atoms with Crippen LogP contribution in [0.3, 0.4) is 0 Å². The Balaban J connectivity index is 2.12. The number of nitrogens with one attached hydrogen (secondary N) is 1. The van der Waals surface area contributed by atoms with Gasteiger partial charge in [-0.3, -0.25) is 4.68 Å². The minimum atomic E-state index is 0.316. The van der Waals surface area contributed by atoms with Crippen LogP contribution in [-0.2, 0) is 11.3 Å². The molecule has 1 aliphatic heterocycles. The van der Waals surface area contributed by atoms with Crippen LogP contribution in [-0.4, -0.2) is 29.0 Å². The van der Waals surface area contributed by atoms with E-state index in [2.05, 4.69) is 44.9 Å². The normalized spacial score (nSPS) is 20.6. The van der Waals surface area contributed by atoms with Gasteiger partial charge in [-0.2, -0.15) is 5.10 Å². The maximum atomic E-state index is 5.94. The van der Waals surface area contributed by atoms with E-state index in [1.54, 1.807) is 0 Å². The Morgan fingerprint density at radius 2 is 2.29 bits per heavy atom. The predicted molar refractivity (Wildman–Crippen MR) is 89.5 cm³/mol.